The van der Waals surface area contributed by atoms with E-state index in [1.165, 1.54) is 32.1 Å². The number of rotatable bonds is 4. The Morgan fingerprint density at radius 2 is 2.20 bits per heavy atom. The van der Waals surface area contributed by atoms with E-state index in [1.54, 1.807) is 5.57 Å². The molecule has 20 heavy (non-hydrogen) atoms. The molecule has 1 aliphatic carbocycles. The molecule has 3 rings (SSSR count). The average Bonchev–Trinajstić information content (AvgIpc) is 3.16. The minimum atomic E-state index is -1.03. The fourth-order valence-electron chi connectivity index (χ4n) is 3.20. The van der Waals surface area contributed by atoms with E-state index in [-0.39, 0.29) is 0 Å². The molecule has 0 spiro atoms. The van der Waals surface area contributed by atoms with Crippen molar-refractivity contribution >= 4 is 10.2 Å². The lowest BCUT2D eigenvalue weighted by molar-refractivity contribution is 0.409. The van der Waals surface area contributed by atoms with Crippen LogP contribution in [0.3, 0.4) is 0 Å². The summed E-state index contributed by atoms with van der Waals surface area (Å²) in [5.74, 6) is 1.88. The van der Waals surface area contributed by atoms with Crippen molar-refractivity contribution in [3.05, 3.63) is 53.3 Å². The van der Waals surface area contributed by atoms with E-state index >= 15 is 0 Å². The third kappa shape index (κ3) is 2.64. The first-order valence-corrected chi connectivity index (χ1v) is 9.53. The Kier molecular flexibility index (Phi) is 4.16. The summed E-state index contributed by atoms with van der Waals surface area (Å²) in [4.78, 5) is 4.25. The van der Waals surface area contributed by atoms with Crippen molar-refractivity contribution in [3.8, 4) is 0 Å². The van der Waals surface area contributed by atoms with E-state index in [9.17, 15) is 0 Å². The van der Waals surface area contributed by atoms with Crippen LogP contribution in [0.25, 0.3) is 0 Å². The molecule has 1 saturated carbocycles. The van der Waals surface area contributed by atoms with Gasteiger partial charge in [-0.2, -0.15) is 0 Å². The van der Waals surface area contributed by atoms with Crippen molar-refractivity contribution in [2.75, 3.05) is 5.75 Å². The molecular formula is C17H24N2S. The second-order valence-corrected chi connectivity index (χ2v) is 8.60. The normalized spacial score (nSPS) is 30.6. The van der Waals surface area contributed by atoms with E-state index in [2.05, 4.69) is 51.1 Å². The molecule has 1 fully saturated rings. The number of imidazole rings is 1. The highest BCUT2D eigenvalue weighted by molar-refractivity contribution is 8.37. The smallest absolute Gasteiger partial charge is 0.104 e. The number of allylic oxidation sites excluding steroid dienone is 3. The van der Waals surface area contributed by atoms with Gasteiger partial charge in [-0.3, -0.25) is 3.97 Å². The van der Waals surface area contributed by atoms with Gasteiger partial charge in [-0.05, 0) is 42.1 Å². The molecule has 3 heteroatoms. The Bertz CT molecular complexity index is 521. The first kappa shape index (κ1) is 13.7. The monoisotopic (exact) mass is 288 g/mol. The predicted octanol–water partition coefficient (Wildman–Crippen LogP) is 5.02. The summed E-state index contributed by atoms with van der Waals surface area (Å²) in [6, 6.07) is 0. The first-order chi connectivity index (χ1) is 9.84. The van der Waals surface area contributed by atoms with Crippen molar-refractivity contribution in [2.24, 2.45) is 5.92 Å². The third-order valence-electron chi connectivity index (χ3n) is 4.38. The summed E-state index contributed by atoms with van der Waals surface area (Å²) in [7, 11) is -1.03. The highest BCUT2D eigenvalue weighted by atomic mass is 32.3. The molecule has 0 N–H and O–H groups in total. The zero-order valence-corrected chi connectivity index (χ0v) is 13.1. The van der Waals surface area contributed by atoms with Gasteiger partial charge in [0, 0.05) is 18.1 Å². The van der Waals surface area contributed by atoms with Gasteiger partial charge in [0.15, 0.2) is 0 Å². The van der Waals surface area contributed by atoms with E-state index in [4.69, 9.17) is 0 Å². The molecule has 1 unspecified atom stereocenters. The molecule has 0 amide bonds. The van der Waals surface area contributed by atoms with Gasteiger partial charge in [0.05, 0.1) is 0 Å². The lowest BCUT2D eigenvalue weighted by Gasteiger charge is -2.32. The topological polar surface area (TPSA) is 17.8 Å². The molecule has 1 atom stereocenters. The summed E-state index contributed by atoms with van der Waals surface area (Å²) < 4.78 is 2.32. The van der Waals surface area contributed by atoms with Crippen LogP contribution in [0, 0.1) is 5.92 Å². The minimum Gasteiger partial charge on any atom is -0.292 e. The van der Waals surface area contributed by atoms with E-state index in [1.807, 2.05) is 12.5 Å². The van der Waals surface area contributed by atoms with Crippen molar-refractivity contribution in [2.45, 2.75) is 39.0 Å². The van der Waals surface area contributed by atoms with E-state index < -0.39 is 10.2 Å². The van der Waals surface area contributed by atoms with Gasteiger partial charge in [-0.15, -0.1) is 10.2 Å². The standard InChI is InChI=1S/C17H24N2S/c1-2-3-12-20(19-11-10-18-15-19)13-9-17(14-20)16-7-5-4-6-8-16/h2-3,9-11,13-16H,4-8,12H2,1H3. The van der Waals surface area contributed by atoms with Gasteiger partial charge in [-0.25, -0.2) is 4.98 Å². The van der Waals surface area contributed by atoms with E-state index in [0.29, 0.717) is 0 Å². The molecule has 108 valence electrons. The van der Waals surface area contributed by atoms with Crippen LogP contribution in [0.5, 0.6) is 0 Å². The molecular weight excluding hydrogens is 264 g/mol. The quantitative estimate of drug-likeness (QED) is 0.711. The summed E-state index contributed by atoms with van der Waals surface area (Å²) in [6.45, 7) is 2.10. The summed E-state index contributed by atoms with van der Waals surface area (Å²) in [6.07, 6.45) is 19.8. The van der Waals surface area contributed by atoms with Gasteiger partial charge < -0.3 is 0 Å². The Hall–Kier alpha value is -1.22. The van der Waals surface area contributed by atoms with Gasteiger partial charge in [0.1, 0.15) is 6.33 Å². The molecule has 1 aromatic rings. The fraction of sp³-hybridized carbons (Fsp3) is 0.471. The number of hydrogen-bond acceptors (Lipinski definition) is 1. The molecule has 0 radical (unpaired) electrons. The van der Waals surface area contributed by atoms with Crippen LogP contribution in [0.4, 0.5) is 0 Å². The Labute approximate surface area is 123 Å². The summed E-state index contributed by atoms with van der Waals surface area (Å²) in [5.41, 5.74) is 1.58. The van der Waals surface area contributed by atoms with Crippen LogP contribution in [-0.2, 0) is 0 Å². The van der Waals surface area contributed by atoms with Gasteiger partial charge >= 0.3 is 0 Å². The molecule has 0 aromatic carbocycles. The van der Waals surface area contributed by atoms with Crippen LogP contribution in [0.1, 0.15) is 39.0 Å². The molecule has 1 aromatic heterocycles. The maximum Gasteiger partial charge on any atom is 0.104 e. The number of aromatic nitrogens is 2. The van der Waals surface area contributed by atoms with Crippen molar-refractivity contribution < 1.29 is 0 Å². The first-order valence-electron chi connectivity index (χ1n) is 7.64. The number of nitrogens with zero attached hydrogens (tertiary/aromatic N) is 2. The third-order valence-corrected chi connectivity index (χ3v) is 7.40. The molecule has 1 aliphatic heterocycles. The highest BCUT2D eigenvalue weighted by Gasteiger charge is 2.27. The molecule has 2 aliphatic rings. The number of hydrogen-bond donors (Lipinski definition) is 0. The lowest BCUT2D eigenvalue weighted by Crippen LogP contribution is -2.09. The maximum absolute atomic E-state index is 4.25. The van der Waals surface area contributed by atoms with Crippen LogP contribution in [0.2, 0.25) is 0 Å². The van der Waals surface area contributed by atoms with Crippen molar-refractivity contribution in [1.82, 2.24) is 8.96 Å². The second-order valence-electron chi connectivity index (χ2n) is 5.72. The summed E-state index contributed by atoms with van der Waals surface area (Å²) in [5, 5.41) is 5.00. The van der Waals surface area contributed by atoms with Gasteiger partial charge in [0.25, 0.3) is 0 Å². The molecule has 2 nitrogen and oxygen atoms in total. The van der Waals surface area contributed by atoms with Crippen LogP contribution < -0.4 is 0 Å². The maximum atomic E-state index is 4.25. The Morgan fingerprint density at radius 3 is 2.90 bits per heavy atom. The second kappa shape index (κ2) is 6.04. The average molecular weight is 288 g/mol. The van der Waals surface area contributed by atoms with E-state index in [0.717, 1.165) is 11.7 Å². The molecule has 0 saturated heterocycles. The predicted molar refractivity (Wildman–Crippen MR) is 88.7 cm³/mol. The van der Waals surface area contributed by atoms with Gasteiger partial charge in [0.2, 0.25) is 0 Å². The lowest BCUT2D eigenvalue weighted by atomic mass is 9.84. The van der Waals surface area contributed by atoms with Gasteiger partial charge in [-0.1, -0.05) is 37.5 Å². The fourth-order valence-corrected chi connectivity index (χ4v) is 6.07. The Balaban J connectivity index is 1.88. The highest BCUT2D eigenvalue weighted by Crippen LogP contribution is 2.58. The molecule has 2 heterocycles. The van der Waals surface area contributed by atoms with Crippen LogP contribution in [0.15, 0.2) is 53.3 Å². The summed E-state index contributed by atoms with van der Waals surface area (Å²) >= 11 is 0. The Morgan fingerprint density at radius 1 is 1.35 bits per heavy atom. The van der Waals surface area contributed by atoms with Crippen molar-refractivity contribution in [3.63, 3.8) is 0 Å². The largest absolute Gasteiger partial charge is 0.292 e. The zero-order chi connectivity index (χ0) is 13.8. The SMILES string of the molecule is CC=CCS1(n2ccnc2)C=CC(C2CCCCC2)=C1. The van der Waals surface area contributed by atoms with Crippen LogP contribution in [-0.4, -0.2) is 14.7 Å². The van der Waals surface area contributed by atoms with Crippen LogP contribution >= 0.6 is 10.2 Å². The van der Waals surface area contributed by atoms with Crippen molar-refractivity contribution in [1.29, 1.82) is 0 Å². The zero-order valence-electron chi connectivity index (χ0n) is 12.2. The molecule has 0 bridgehead atoms. The minimum absolute atomic E-state index is 0.795.